The molecular formula is C23H27N3O3. The minimum Gasteiger partial charge on any atom is -0.507 e. The van der Waals surface area contributed by atoms with Gasteiger partial charge in [-0.05, 0) is 64.2 Å². The molecule has 1 N–H and O–H groups in total. The first-order valence-electron chi connectivity index (χ1n) is 9.72. The molecule has 1 fully saturated rings. The number of ketones is 1. The third-order valence-corrected chi connectivity index (χ3v) is 5.19. The van der Waals surface area contributed by atoms with E-state index in [1.54, 1.807) is 23.4 Å². The van der Waals surface area contributed by atoms with Crippen molar-refractivity contribution in [1.29, 1.82) is 0 Å². The molecule has 0 saturated carbocycles. The monoisotopic (exact) mass is 393 g/mol. The number of likely N-dealkylation sites (tertiary alicyclic amines) is 1. The molecule has 2 aromatic rings. The molecule has 2 heterocycles. The molecule has 1 amide bonds. The van der Waals surface area contributed by atoms with Crippen molar-refractivity contribution < 1.29 is 14.7 Å². The Morgan fingerprint density at radius 3 is 2.62 bits per heavy atom. The van der Waals surface area contributed by atoms with Crippen LogP contribution in [-0.2, 0) is 9.59 Å². The summed E-state index contributed by atoms with van der Waals surface area (Å²) in [6, 6.07) is 8.64. The summed E-state index contributed by atoms with van der Waals surface area (Å²) in [6.45, 7) is 5.01. The molecule has 0 bridgehead atoms. The molecule has 1 unspecified atom stereocenters. The fourth-order valence-electron chi connectivity index (χ4n) is 3.69. The first-order chi connectivity index (χ1) is 13.8. The predicted octanol–water partition coefficient (Wildman–Crippen LogP) is 3.07. The summed E-state index contributed by atoms with van der Waals surface area (Å²) < 4.78 is 0. The molecule has 1 aliphatic rings. The van der Waals surface area contributed by atoms with E-state index in [1.165, 1.54) is 0 Å². The van der Waals surface area contributed by atoms with Crippen LogP contribution in [0.5, 0.6) is 0 Å². The molecule has 6 heteroatoms. The van der Waals surface area contributed by atoms with Gasteiger partial charge in [-0.2, -0.15) is 0 Å². The van der Waals surface area contributed by atoms with Crippen molar-refractivity contribution in [2.75, 3.05) is 27.2 Å². The number of Topliss-reactive ketones (excluding diaryl/α,β-unsaturated/α-hetero) is 1. The normalized spacial score (nSPS) is 18.7. The Kier molecular flexibility index (Phi) is 6.13. The fraction of sp³-hybridized carbons (Fsp3) is 0.348. The molecule has 1 aromatic heterocycles. The van der Waals surface area contributed by atoms with Gasteiger partial charge < -0.3 is 14.9 Å². The van der Waals surface area contributed by atoms with E-state index in [0.717, 1.165) is 24.1 Å². The molecule has 3 rings (SSSR count). The van der Waals surface area contributed by atoms with Gasteiger partial charge in [0.05, 0.1) is 11.6 Å². The van der Waals surface area contributed by atoms with Crippen LogP contribution >= 0.6 is 0 Å². The van der Waals surface area contributed by atoms with E-state index >= 15 is 0 Å². The Morgan fingerprint density at radius 1 is 1.21 bits per heavy atom. The number of nitrogens with zero attached hydrogens (tertiary/aromatic N) is 3. The Labute approximate surface area is 171 Å². The van der Waals surface area contributed by atoms with E-state index in [-0.39, 0.29) is 11.3 Å². The average Bonchev–Trinajstić information content (AvgIpc) is 2.94. The van der Waals surface area contributed by atoms with Crippen molar-refractivity contribution in [1.82, 2.24) is 14.8 Å². The van der Waals surface area contributed by atoms with E-state index in [9.17, 15) is 14.7 Å². The molecular weight excluding hydrogens is 366 g/mol. The number of aromatic nitrogens is 1. The van der Waals surface area contributed by atoms with Crippen LogP contribution in [0.2, 0.25) is 0 Å². The quantitative estimate of drug-likeness (QED) is 0.464. The lowest BCUT2D eigenvalue weighted by molar-refractivity contribution is -0.139. The van der Waals surface area contributed by atoms with E-state index in [4.69, 9.17) is 0 Å². The van der Waals surface area contributed by atoms with Crippen molar-refractivity contribution >= 4 is 17.4 Å². The molecule has 1 saturated heterocycles. The Hall–Kier alpha value is -2.99. The highest BCUT2D eigenvalue weighted by molar-refractivity contribution is 6.46. The Balaban J connectivity index is 2.12. The van der Waals surface area contributed by atoms with Crippen LogP contribution in [-0.4, -0.2) is 58.8 Å². The number of benzene rings is 1. The summed E-state index contributed by atoms with van der Waals surface area (Å²) in [6.07, 6.45) is 4.01. The molecule has 0 spiro atoms. The maximum absolute atomic E-state index is 13.0. The molecule has 1 aromatic carbocycles. The zero-order valence-electron chi connectivity index (χ0n) is 17.3. The molecule has 0 aliphatic carbocycles. The van der Waals surface area contributed by atoms with Crippen LogP contribution in [0, 0.1) is 13.8 Å². The van der Waals surface area contributed by atoms with Gasteiger partial charge in [0.15, 0.2) is 0 Å². The SMILES string of the molecule is Cc1ccc(C)c(/C(O)=C2\C(=O)C(=O)N(CCCN(C)C)C2c2cccnc2)c1. The topological polar surface area (TPSA) is 73.7 Å². The highest BCUT2D eigenvalue weighted by Crippen LogP contribution is 2.39. The zero-order valence-corrected chi connectivity index (χ0v) is 17.3. The number of aryl methyl sites for hydroxylation is 2. The lowest BCUT2D eigenvalue weighted by Gasteiger charge is -2.25. The maximum atomic E-state index is 13.0. The first kappa shape index (κ1) is 20.7. The first-order valence-corrected chi connectivity index (χ1v) is 9.72. The summed E-state index contributed by atoms with van der Waals surface area (Å²) >= 11 is 0. The predicted molar refractivity (Wildman–Crippen MR) is 112 cm³/mol. The number of rotatable bonds is 6. The molecule has 152 valence electrons. The van der Waals surface area contributed by atoms with Gasteiger partial charge in [0.1, 0.15) is 5.76 Å². The van der Waals surface area contributed by atoms with Gasteiger partial charge in [-0.15, -0.1) is 0 Å². The number of carbonyl (C=O) groups excluding carboxylic acids is 2. The van der Waals surface area contributed by atoms with Crippen molar-refractivity contribution in [2.45, 2.75) is 26.3 Å². The molecule has 1 atom stereocenters. The highest BCUT2D eigenvalue weighted by Gasteiger charge is 2.46. The second-order valence-electron chi connectivity index (χ2n) is 7.75. The van der Waals surface area contributed by atoms with Gasteiger partial charge in [0, 0.05) is 24.5 Å². The van der Waals surface area contributed by atoms with E-state index in [1.807, 2.05) is 57.1 Å². The number of hydrogen-bond donors (Lipinski definition) is 1. The lowest BCUT2D eigenvalue weighted by atomic mass is 9.94. The van der Waals surface area contributed by atoms with Crippen molar-refractivity contribution in [2.24, 2.45) is 0 Å². The minimum absolute atomic E-state index is 0.126. The second-order valence-corrected chi connectivity index (χ2v) is 7.75. The number of carbonyl (C=O) groups is 2. The molecule has 0 radical (unpaired) electrons. The smallest absolute Gasteiger partial charge is 0.295 e. The lowest BCUT2D eigenvalue weighted by Crippen LogP contribution is -2.32. The zero-order chi connectivity index (χ0) is 21.1. The summed E-state index contributed by atoms with van der Waals surface area (Å²) in [4.78, 5) is 33.6. The largest absolute Gasteiger partial charge is 0.507 e. The number of pyridine rings is 1. The van der Waals surface area contributed by atoms with E-state index in [0.29, 0.717) is 17.7 Å². The highest BCUT2D eigenvalue weighted by atomic mass is 16.3. The van der Waals surface area contributed by atoms with E-state index < -0.39 is 17.7 Å². The second kappa shape index (κ2) is 8.57. The summed E-state index contributed by atoms with van der Waals surface area (Å²) in [5, 5.41) is 11.1. The van der Waals surface area contributed by atoms with Gasteiger partial charge >= 0.3 is 0 Å². The van der Waals surface area contributed by atoms with Crippen molar-refractivity contribution in [3.05, 3.63) is 70.6 Å². The van der Waals surface area contributed by atoms with Crippen LogP contribution in [0.25, 0.3) is 5.76 Å². The summed E-state index contributed by atoms with van der Waals surface area (Å²) in [5.74, 6) is -1.36. The summed E-state index contributed by atoms with van der Waals surface area (Å²) in [5.41, 5.74) is 3.22. The van der Waals surface area contributed by atoms with Crippen LogP contribution in [0.1, 0.15) is 34.7 Å². The molecule has 1 aliphatic heterocycles. The van der Waals surface area contributed by atoms with Gasteiger partial charge in [0.25, 0.3) is 11.7 Å². The van der Waals surface area contributed by atoms with Gasteiger partial charge in [-0.1, -0.05) is 23.8 Å². The van der Waals surface area contributed by atoms with Crippen LogP contribution in [0.15, 0.2) is 48.3 Å². The van der Waals surface area contributed by atoms with Crippen molar-refractivity contribution in [3.8, 4) is 0 Å². The number of aliphatic hydroxyl groups is 1. The fourth-order valence-corrected chi connectivity index (χ4v) is 3.69. The van der Waals surface area contributed by atoms with Gasteiger partial charge in [-0.25, -0.2) is 0 Å². The maximum Gasteiger partial charge on any atom is 0.295 e. The minimum atomic E-state index is -0.651. The molecule has 29 heavy (non-hydrogen) atoms. The third kappa shape index (κ3) is 4.22. The number of aliphatic hydroxyl groups excluding tert-OH is 1. The van der Waals surface area contributed by atoms with Gasteiger partial charge in [0.2, 0.25) is 0 Å². The number of amides is 1. The standard InChI is InChI=1S/C23H27N3O3/c1-15-8-9-16(2)18(13-15)21(27)19-20(17-7-5-10-24-14-17)26(23(29)22(19)28)12-6-11-25(3)4/h5,7-10,13-14,20,27H,6,11-12H2,1-4H3/b21-19+. The third-order valence-electron chi connectivity index (χ3n) is 5.19. The van der Waals surface area contributed by atoms with Crippen molar-refractivity contribution in [3.63, 3.8) is 0 Å². The van der Waals surface area contributed by atoms with E-state index in [2.05, 4.69) is 4.98 Å². The Bertz CT molecular complexity index is 951. The summed E-state index contributed by atoms with van der Waals surface area (Å²) in [7, 11) is 3.93. The van der Waals surface area contributed by atoms with Crippen LogP contribution in [0.3, 0.4) is 0 Å². The van der Waals surface area contributed by atoms with Crippen LogP contribution < -0.4 is 0 Å². The number of hydrogen-bond acceptors (Lipinski definition) is 5. The van der Waals surface area contributed by atoms with Gasteiger partial charge in [-0.3, -0.25) is 14.6 Å². The molecule has 6 nitrogen and oxygen atoms in total. The van der Waals surface area contributed by atoms with Crippen LogP contribution in [0.4, 0.5) is 0 Å². The Morgan fingerprint density at radius 2 is 1.97 bits per heavy atom. The average molecular weight is 393 g/mol.